The smallest absolute Gasteiger partial charge is 0.370 e. The molecule has 1 heterocycles. The van der Waals surface area contributed by atoms with Gasteiger partial charge in [0.2, 0.25) is 0 Å². The van der Waals surface area contributed by atoms with Gasteiger partial charge in [-0.2, -0.15) is 13.2 Å². The molecule has 0 aromatic heterocycles. The summed E-state index contributed by atoms with van der Waals surface area (Å²) in [6.07, 6.45) is -2.21. The highest BCUT2D eigenvalue weighted by Crippen LogP contribution is 2.36. The maximum Gasteiger partial charge on any atom is 0.416 e. The van der Waals surface area contributed by atoms with Crippen LogP contribution in [0, 0.1) is 5.92 Å². The first kappa shape index (κ1) is 16.4. The van der Waals surface area contributed by atoms with E-state index in [1.165, 1.54) is 6.07 Å². The predicted molar refractivity (Wildman–Crippen MR) is 79.9 cm³/mol. The molecule has 0 bridgehead atoms. The van der Waals surface area contributed by atoms with Crippen molar-refractivity contribution in [1.82, 2.24) is 5.32 Å². The lowest BCUT2D eigenvalue weighted by molar-refractivity contribution is -0.137. The molecule has 1 unspecified atom stereocenters. The van der Waals surface area contributed by atoms with Crippen LogP contribution >= 0.6 is 11.6 Å². The second kappa shape index (κ2) is 6.88. The molecule has 1 aliphatic rings. The summed E-state index contributed by atoms with van der Waals surface area (Å²) in [7, 11) is 0. The molecule has 1 N–H and O–H groups in total. The molecule has 0 spiro atoms. The van der Waals surface area contributed by atoms with Gasteiger partial charge < -0.3 is 10.2 Å². The third-order valence-electron chi connectivity index (χ3n) is 3.76. The van der Waals surface area contributed by atoms with Crippen LogP contribution in [-0.4, -0.2) is 26.2 Å². The maximum atomic E-state index is 12.6. The van der Waals surface area contributed by atoms with Crippen molar-refractivity contribution in [2.24, 2.45) is 5.92 Å². The van der Waals surface area contributed by atoms with E-state index >= 15 is 0 Å². The Balaban J connectivity index is 2.00. The lowest BCUT2D eigenvalue weighted by Gasteiger charge is -2.21. The Labute approximate surface area is 128 Å². The number of anilines is 1. The number of nitrogens with one attached hydrogen (secondary N) is 1. The van der Waals surface area contributed by atoms with Crippen LogP contribution < -0.4 is 10.2 Å². The van der Waals surface area contributed by atoms with Gasteiger partial charge in [0.15, 0.2) is 0 Å². The summed E-state index contributed by atoms with van der Waals surface area (Å²) in [6.45, 7) is 5.74. The summed E-state index contributed by atoms with van der Waals surface area (Å²) >= 11 is 6.03. The highest BCUT2D eigenvalue weighted by atomic mass is 35.5. The van der Waals surface area contributed by atoms with E-state index in [1.54, 1.807) is 0 Å². The van der Waals surface area contributed by atoms with Crippen molar-refractivity contribution in [3.05, 3.63) is 28.8 Å². The quantitative estimate of drug-likeness (QED) is 0.819. The number of nitrogens with zero attached hydrogens (tertiary/aromatic N) is 1. The highest BCUT2D eigenvalue weighted by Gasteiger charge is 2.32. The Morgan fingerprint density at radius 3 is 2.76 bits per heavy atom. The van der Waals surface area contributed by atoms with Gasteiger partial charge in [-0.3, -0.25) is 0 Å². The number of alkyl halides is 3. The van der Waals surface area contributed by atoms with Crippen LogP contribution in [0.2, 0.25) is 5.02 Å². The van der Waals surface area contributed by atoms with Crippen molar-refractivity contribution >= 4 is 17.3 Å². The third-order valence-corrected chi connectivity index (χ3v) is 4.06. The summed E-state index contributed by atoms with van der Waals surface area (Å²) < 4.78 is 37.9. The molecule has 1 saturated heterocycles. The van der Waals surface area contributed by atoms with Crippen molar-refractivity contribution in [2.45, 2.75) is 25.9 Å². The minimum absolute atomic E-state index is 0.173. The highest BCUT2D eigenvalue weighted by molar-refractivity contribution is 6.33. The standard InChI is InChI=1S/C15H20ClF3N2/c1-2-6-20-9-11-5-7-21(10-11)14-4-3-12(8-13(14)16)15(17,18)19/h3-4,8,11,20H,2,5-7,9-10H2,1H3. The Morgan fingerprint density at radius 2 is 2.14 bits per heavy atom. The minimum atomic E-state index is -4.35. The van der Waals surface area contributed by atoms with E-state index in [0.29, 0.717) is 11.6 Å². The fourth-order valence-corrected chi connectivity index (χ4v) is 2.94. The van der Waals surface area contributed by atoms with Gasteiger partial charge in [-0.05, 0) is 50.0 Å². The zero-order valence-electron chi connectivity index (χ0n) is 12.0. The average Bonchev–Trinajstić information content (AvgIpc) is 2.86. The van der Waals surface area contributed by atoms with Crippen LogP contribution in [-0.2, 0) is 6.18 Å². The zero-order valence-corrected chi connectivity index (χ0v) is 12.8. The second-order valence-electron chi connectivity index (χ2n) is 5.47. The SMILES string of the molecule is CCCNCC1CCN(c2ccc(C(F)(F)F)cc2Cl)C1. The minimum Gasteiger partial charge on any atom is -0.370 e. The summed E-state index contributed by atoms with van der Waals surface area (Å²) in [6, 6.07) is 3.59. The van der Waals surface area contributed by atoms with Crippen LogP contribution in [0.25, 0.3) is 0 Å². The third kappa shape index (κ3) is 4.27. The van der Waals surface area contributed by atoms with E-state index in [1.807, 2.05) is 0 Å². The molecule has 0 radical (unpaired) electrons. The molecular formula is C15H20ClF3N2. The fraction of sp³-hybridized carbons (Fsp3) is 0.600. The Bertz CT molecular complexity index is 476. The summed E-state index contributed by atoms with van der Waals surface area (Å²) in [4.78, 5) is 2.07. The van der Waals surface area contributed by atoms with Crippen LogP contribution in [0.4, 0.5) is 18.9 Å². The number of halogens is 4. The van der Waals surface area contributed by atoms with Gasteiger partial charge in [0, 0.05) is 13.1 Å². The Kier molecular flexibility index (Phi) is 5.38. The molecule has 21 heavy (non-hydrogen) atoms. The van der Waals surface area contributed by atoms with E-state index in [0.717, 1.165) is 51.2 Å². The van der Waals surface area contributed by atoms with E-state index in [4.69, 9.17) is 11.6 Å². The predicted octanol–water partition coefficient (Wildman–Crippen LogP) is 4.18. The largest absolute Gasteiger partial charge is 0.416 e. The van der Waals surface area contributed by atoms with Crippen LogP contribution in [0.3, 0.4) is 0 Å². The van der Waals surface area contributed by atoms with E-state index < -0.39 is 11.7 Å². The molecule has 6 heteroatoms. The van der Waals surface area contributed by atoms with Crippen LogP contribution in [0.1, 0.15) is 25.3 Å². The molecule has 1 fully saturated rings. The molecule has 1 atom stereocenters. The number of hydrogen-bond acceptors (Lipinski definition) is 2. The van der Waals surface area contributed by atoms with Gasteiger partial charge in [-0.1, -0.05) is 18.5 Å². The lowest BCUT2D eigenvalue weighted by atomic mass is 10.1. The molecule has 1 aromatic carbocycles. The molecule has 1 aliphatic heterocycles. The molecular weight excluding hydrogens is 301 g/mol. The topological polar surface area (TPSA) is 15.3 Å². The van der Waals surface area contributed by atoms with Crippen LogP contribution in [0.15, 0.2) is 18.2 Å². The molecule has 2 nitrogen and oxygen atoms in total. The van der Waals surface area contributed by atoms with E-state index in [2.05, 4.69) is 17.1 Å². The van der Waals surface area contributed by atoms with Crippen molar-refractivity contribution in [3.8, 4) is 0 Å². The van der Waals surface area contributed by atoms with Gasteiger partial charge in [0.25, 0.3) is 0 Å². The van der Waals surface area contributed by atoms with Crippen molar-refractivity contribution < 1.29 is 13.2 Å². The molecule has 118 valence electrons. The van der Waals surface area contributed by atoms with Crippen molar-refractivity contribution in [1.29, 1.82) is 0 Å². The summed E-state index contributed by atoms with van der Waals surface area (Å²) in [5, 5.41) is 3.56. The average molecular weight is 321 g/mol. The Hall–Kier alpha value is -0.940. The first-order valence-corrected chi connectivity index (χ1v) is 7.62. The number of hydrogen-bond donors (Lipinski definition) is 1. The first-order valence-electron chi connectivity index (χ1n) is 7.24. The molecule has 0 saturated carbocycles. The molecule has 0 aliphatic carbocycles. The normalized spacial score (nSPS) is 19.3. The first-order chi connectivity index (χ1) is 9.91. The van der Waals surface area contributed by atoms with E-state index in [-0.39, 0.29) is 5.02 Å². The van der Waals surface area contributed by atoms with Gasteiger partial charge >= 0.3 is 6.18 Å². The Morgan fingerprint density at radius 1 is 1.38 bits per heavy atom. The summed E-state index contributed by atoms with van der Waals surface area (Å²) in [5.41, 5.74) is -0.000678. The summed E-state index contributed by atoms with van der Waals surface area (Å²) in [5.74, 6) is 0.523. The monoisotopic (exact) mass is 320 g/mol. The van der Waals surface area contributed by atoms with Crippen LogP contribution in [0.5, 0.6) is 0 Å². The van der Waals surface area contributed by atoms with Gasteiger partial charge in [-0.15, -0.1) is 0 Å². The van der Waals surface area contributed by atoms with Gasteiger partial charge in [-0.25, -0.2) is 0 Å². The maximum absolute atomic E-state index is 12.6. The molecule has 1 aromatic rings. The van der Waals surface area contributed by atoms with Crippen molar-refractivity contribution in [3.63, 3.8) is 0 Å². The molecule has 0 amide bonds. The lowest BCUT2D eigenvalue weighted by Crippen LogP contribution is -2.27. The van der Waals surface area contributed by atoms with Gasteiger partial charge in [0.05, 0.1) is 16.3 Å². The zero-order chi connectivity index (χ0) is 15.5. The number of rotatable bonds is 5. The van der Waals surface area contributed by atoms with Gasteiger partial charge in [0.1, 0.15) is 0 Å². The van der Waals surface area contributed by atoms with Crippen molar-refractivity contribution in [2.75, 3.05) is 31.1 Å². The molecule has 2 rings (SSSR count). The fourth-order valence-electron chi connectivity index (χ4n) is 2.64. The second-order valence-corrected chi connectivity index (χ2v) is 5.88. The number of benzene rings is 1. The van der Waals surface area contributed by atoms with E-state index in [9.17, 15) is 13.2 Å².